The van der Waals surface area contributed by atoms with Gasteiger partial charge in [-0.3, -0.25) is 4.79 Å². The highest BCUT2D eigenvalue weighted by Crippen LogP contribution is 2.48. The molecule has 3 fully saturated rings. The van der Waals surface area contributed by atoms with E-state index in [4.69, 9.17) is 9.72 Å². The van der Waals surface area contributed by atoms with Crippen molar-refractivity contribution in [1.29, 1.82) is 0 Å². The minimum Gasteiger partial charge on any atom is -0.476 e. The second kappa shape index (κ2) is 10.2. The van der Waals surface area contributed by atoms with E-state index in [1.807, 2.05) is 6.07 Å². The highest BCUT2D eigenvalue weighted by Gasteiger charge is 2.40. The maximum absolute atomic E-state index is 13.4. The van der Waals surface area contributed by atoms with Gasteiger partial charge in [0.1, 0.15) is 5.82 Å². The monoisotopic (exact) mass is 563 g/mol. The summed E-state index contributed by atoms with van der Waals surface area (Å²) < 4.78 is 35.8. The molecule has 1 amide bonds. The Kier molecular flexibility index (Phi) is 6.84. The zero-order valence-corrected chi connectivity index (χ0v) is 24.1. The normalized spacial score (nSPS) is 25.3. The van der Waals surface area contributed by atoms with Gasteiger partial charge in [0.15, 0.2) is 5.82 Å². The lowest BCUT2D eigenvalue weighted by atomic mass is 9.90. The van der Waals surface area contributed by atoms with Crippen molar-refractivity contribution in [2.24, 2.45) is 23.7 Å². The third-order valence-electron chi connectivity index (χ3n) is 8.84. The average molecular weight is 564 g/mol. The van der Waals surface area contributed by atoms with Crippen LogP contribution in [0.5, 0.6) is 5.88 Å². The summed E-state index contributed by atoms with van der Waals surface area (Å²) in [5, 5.41) is 4.61. The number of fused-ring (bicyclic) bond motifs is 2. The summed E-state index contributed by atoms with van der Waals surface area (Å²) in [5.74, 6) is 3.45. The lowest BCUT2D eigenvalue weighted by molar-refractivity contribution is 0.0981. The lowest BCUT2D eigenvalue weighted by Crippen LogP contribution is -2.41. The Morgan fingerprint density at radius 3 is 2.58 bits per heavy atom. The van der Waals surface area contributed by atoms with Crippen LogP contribution in [-0.4, -0.2) is 47.8 Å². The Hall–Kier alpha value is -3.40. The molecule has 0 spiro atoms. The van der Waals surface area contributed by atoms with E-state index in [0.29, 0.717) is 42.5 Å². The van der Waals surface area contributed by atoms with Gasteiger partial charge in [0.2, 0.25) is 5.88 Å². The topological polar surface area (TPSA) is 106 Å². The van der Waals surface area contributed by atoms with Gasteiger partial charge in [-0.2, -0.15) is 0 Å². The van der Waals surface area contributed by atoms with Crippen LogP contribution in [-0.2, 0) is 10.0 Å². The molecule has 2 unspecified atom stereocenters. The standard InChI is InChI=1S/C30H37N5O4S/c1-20-17-30(2,3)34(18-20)28-25(29(36)33-40(37,38)24-7-5-4-6-8-24)11-12-26(31-28)35-14-13-27(32-35)39-19-23-16-21-9-10-22(23)15-21/h4-8,11-14,20-23H,9-10,15-19H2,1-3H3,(H,33,36)/t20-,21?,22+,23?/m0/s1. The molecular weight excluding hydrogens is 526 g/mol. The van der Waals surface area contributed by atoms with Crippen molar-refractivity contribution in [3.8, 4) is 11.7 Å². The van der Waals surface area contributed by atoms with Gasteiger partial charge in [0.25, 0.3) is 15.9 Å². The van der Waals surface area contributed by atoms with Crippen LogP contribution in [0.3, 0.4) is 0 Å². The van der Waals surface area contributed by atoms with E-state index < -0.39 is 15.9 Å². The van der Waals surface area contributed by atoms with E-state index in [1.165, 1.54) is 37.8 Å². The van der Waals surface area contributed by atoms with Gasteiger partial charge in [-0.25, -0.2) is 22.8 Å². The predicted octanol–water partition coefficient (Wildman–Crippen LogP) is 4.83. The van der Waals surface area contributed by atoms with Crippen molar-refractivity contribution in [2.45, 2.75) is 63.3 Å². The Bertz CT molecular complexity index is 1500. The zero-order chi connectivity index (χ0) is 28.1. The number of ether oxygens (including phenoxy) is 1. The Labute approximate surface area is 236 Å². The molecule has 6 rings (SSSR count). The Morgan fingerprint density at radius 1 is 1.10 bits per heavy atom. The molecule has 1 N–H and O–H groups in total. The predicted molar refractivity (Wildman–Crippen MR) is 152 cm³/mol. The summed E-state index contributed by atoms with van der Waals surface area (Å²) in [6.07, 6.45) is 8.00. The second-order valence-corrected chi connectivity index (χ2v) is 14.0. The van der Waals surface area contributed by atoms with Crippen molar-refractivity contribution in [2.75, 3.05) is 18.1 Å². The van der Waals surface area contributed by atoms with Gasteiger partial charge in [-0.15, -0.1) is 5.10 Å². The molecule has 3 heterocycles. The fourth-order valence-corrected chi connectivity index (χ4v) is 8.02. The van der Waals surface area contributed by atoms with Gasteiger partial charge >= 0.3 is 0 Å². The molecule has 0 radical (unpaired) electrons. The number of carbonyl (C=O) groups is 1. The van der Waals surface area contributed by atoms with Crippen LogP contribution >= 0.6 is 0 Å². The molecule has 1 aliphatic heterocycles. The van der Waals surface area contributed by atoms with E-state index in [9.17, 15) is 13.2 Å². The third-order valence-corrected chi connectivity index (χ3v) is 10.2. The zero-order valence-electron chi connectivity index (χ0n) is 23.3. The van der Waals surface area contributed by atoms with Crippen molar-refractivity contribution < 1.29 is 17.9 Å². The highest BCUT2D eigenvalue weighted by atomic mass is 32.2. The van der Waals surface area contributed by atoms with Gasteiger partial charge in [-0.1, -0.05) is 31.5 Å². The van der Waals surface area contributed by atoms with E-state index in [1.54, 1.807) is 41.2 Å². The first-order chi connectivity index (χ1) is 19.1. The largest absolute Gasteiger partial charge is 0.476 e. The van der Waals surface area contributed by atoms with Gasteiger partial charge in [0, 0.05) is 24.3 Å². The first-order valence-electron chi connectivity index (χ1n) is 14.2. The number of aromatic nitrogens is 3. The highest BCUT2D eigenvalue weighted by molar-refractivity contribution is 7.90. The van der Waals surface area contributed by atoms with Crippen molar-refractivity contribution in [3.05, 3.63) is 60.3 Å². The van der Waals surface area contributed by atoms with Crippen molar-refractivity contribution in [3.63, 3.8) is 0 Å². The number of benzene rings is 1. The summed E-state index contributed by atoms with van der Waals surface area (Å²) >= 11 is 0. The minimum absolute atomic E-state index is 0.0270. The number of hydrogen-bond donors (Lipinski definition) is 1. The molecule has 3 aliphatic rings. The molecule has 2 aliphatic carbocycles. The molecule has 2 aromatic heterocycles. The molecule has 2 saturated carbocycles. The molecule has 9 nitrogen and oxygen atoms in total. The number of nitrogens with zero attached hydrogens (tertiary/aromatic N) is 4. The summed E-state index contributed by atoms with van der Waals surface area (Å²) in [6.45, 7) is 7.78. The molecule has 1 aromatic carbocycles. The maximum Gasteiger partial charge on any atom is 0.268 e. The van der Waals surface area contributed by atoms with Crippen molar-refractivity contribution >= 4 is 21.7 Å². The molecule has 1 saturated heterocycles. The molecule has 2 bridgehead atoms. The number of pyridine rings is 1. The molecule has 10 heteroatoms. The van der Waals surface area contributed by atoms with Gasteiger partial charge in [-0.05, 0) is 87.5 Å². The van der Waals surface area contributed by atoms with Crippen molar-refractivity contribution in [1.82, 2.24) is 19.5 Å². The average Bonchev–Trinajstić information content (AvgIpc) is 3.71. The van der Waals surface area contributed by atoms with E-state index in [0.717, 1.165) is 18.3 Å². The third kappa shape index (κ3) is 5.21. The quantitative estimate of drug-likeness (QED) is 0.419. The first-order valence-corrected chi connectivity index (χ1v) is 15.7. The number of nitrogens with one attached hydrogen (secondary N) is 1. The number of hydrogen-bond acceptors (Lipinski definition) is 7. The number of amides is 1. The van der Waals surface area contributed by atoms with Crippen LogP contribution < -0.4 is 14.4 Å². The molecule has 3 aromatic rings. The minimum atomic E-state index is -4.04. The Balaban J connectivity index is 1.27. The molecule has 40 heavy (non-hydrogen) atoms. The smallest absolute Gasteiger partial charge is 0.268 e. The Morgan fingerprint density at radius 2 is 1.90 bits per heavy atom. The number of anilines is 1. The fraction of sp³-hybridized carbons (Fsp3) is 0.500. The van der Waals surface area contributed by atoms with E-state index in [-0.39, 0.29) is 16.0 Å². The van der Waals surface area contributed by atoms with Gasteiger partial charge < -0.3 is 9.64 Å². The van der Waals surface area contributed by atoms with Crippen LogP contribution in [0.1, 0.15) is 63.2 Å². The van der Waals surface area contributed by atoms with Crippen LogP contribution in [0, 0.1) is 23.7 Å². The van der Waals surface area contributed by atoms with Crippen LogP contribution in [0.4, 0.5) is 5.82 Å². The van der Waals surface area contributed by atoms with E-state index in [2.05, 4.69) is 35.5 Å². The van der Waals surface area contributed by atoms with Gasteiger partial charge in [0.05, 0.1) is 17.1 Å². The fourth-order valence-electron chi connectivity index (χ4n) is 7.03. The molecular formula is C30H37N5O4S. The number of carbonyl (C=O) groups excluding carboxylic acids is 1. The second-order valence-electron chi connectivity index (χ2n) is 12.4. The number of sulfonamides is 1. The summed E-state index contributed by atoms with van der Waals surface area (Å²) in [6, 6.07) is 13.0. The first kappa shape index (κ1) is 26.8. The lowest BCUT2D eigenvalue weighted by Gasteiger charge is -2.34. The molecule has 4 atom stereocenters. The maximum atomic E-state index is 13.4. The summed E-state index contributed by atoms with van der Waals surface area (Å²) in [7, 11) is -4.04. The SMILES string of the molecule is C[C@@H]1CN(c2nc(-n3ccc(OCC4CC5CC[C@@H]4C5)n3)ccc2C(=O)NS(=O)(=O)c2ccccc2)C(C)(C)C1. The van der Waals surface area contributed by atoms with Crippen LogP contribution in [0.25, 0.3) is 5.82 Å². The van der Waals surface area contributed by atoms with Crippen LogP contribution in [0.2, 0.25) is 0 Å². The summed E-state index contributed by atoms with van der Waals surface area (Å²) in [4.78, 5) is 20.4. The van der Waals surface area contributed by atoms with E-state index >= 15 is 0 Å². The molecule has 212 valence electrons. The van der Waals surface area contributed by atoms with Crippen LogP contribution in [0.15, 0.2) is 59.6 Å². The number of rotatable bonds is 8. The summed E-state index contributed by atoms with van der Waals surface area (Å²) in [5.41, 5.74) is -0.0670.